The van der Waals surface area contributed by atoms with Gasteiger partial charge in [0.25, 0.3) is 0 Å². The molecule has 0 unspecified atom stereocenters. The van der Waals surface area contributed by atoms with Crippen molar-refractivity contribution in [2.45, 2.75) is 57.8 Å². The molecule has 2 aliphatic heterocycles. The van der Waals surface area contributed by atoms with Gasteiger partial charge in [-0.3, -0.25) is 9.69 Å². The summed E-state index contributed by atoms with van der Waals surface area (Å²) in [5.41, 5.74) is 3.48. The molecule has 4 heteroatoms. The molecule has 0 aliphatic carbocycles. The summed E-state index contributed by atoms with van der Waals surface area (Å²) in [6.07, 6.45) is 3.93. The molecule has 2 aliphatic rings. The van der Waals surface area contributed by atoms with Crippen LogP contribution in [0.5, 0.6) is 0 Å². The highest BCUT2D eigenvalue weighted by Crippen LogP contribution is 2.52. The molecule has 2 saturated heterocycles. The Labute approximate surface area is 180 Å². The lowest BCUT2D eigenvalue weighted by Gasteiger charge is -2.35. The number of hydrogen-bond donors (Lipinski definition) is 0. The zero-order chi connectivity index (χ0) is 21.1. The molecule has 0 N–H and O–H groups in total. The molecule has 0 saturated carbocycles. The molecule has 0 spiro atoms. The summed E-state index contributed by atoms with van der Waals surface area (Å²) in [4.78, 5) is 18.1. The van der Waals surface area contributed by atoms with E-state index in [1.54, 1.807) is 0 Å². The maximum absolute atomic E-state index is 13.3. The predicted molar refractivity (Wildman–Crippen MR) is 120 cm³/mol. The maximum atomic E-state index is 13.3. The van der Waals surface area contributed by atoms with E-state index in [-0.39, 0.29) is 12.0 Å². The highest BCUT2D eigenvalue weighted by atomic mass is 16.5. The number of rotatable bonds is 8. The van der Waals surface area contributed by atoms with Crippen LogP contribution in [-0.2, 0) is 29.0 Å². The van der Waals surface area contributed by atoms with E-state index in [4.69, 9.17) is 4.74 Å². The van der Waals surface area contributed by atoms with E-state index in [1.807, 2.05) is 13.0 Å². The van der Waals surface area contributed by atoms with E-state index in [0.29, 0.717) is 12.6 Å². The van der Waals surface area contributed by atoms with Crippen molar-refractivity contribution in [3.63, 3.8) is 0 Å². The third-order valence-corrected chi connectivity index (χ3v) is 6.78. The Morgan fingerprint density at radius 3 is 2.53 bits per heavy atom. The highest BCUT2D eigenvalue weighted by molar-refractivity contribution is 5.79. The fraction of sp³-hybridized carbons (Fsp3) is 0.500. The first-order valence-corrected chi connectivity index (χ1v) is 11.2. The molecule has 160 valence electrons. The fourth-order valence-corrected chi connectivity index (χ4v) is 5.66. The number of carbonyl (C=O) groups excluding carboxylic acids is 1. The standard InChI is InChI=1S/C26H34N2O2/c1-4-30-25(29)26(16-20-9-6-5-7-10-20)17-23-13-14-24(26)28(23)19-22-12-8-11-21(15-22)18-27(2)3/h5-12,15,23-24H,4,13-14,16-19H2,1-3H3/t23-,24+,26+/m0/s1. The second-order valence-corrected chi connectivity index (χ2v) is 9.22. The Bertz CT molecular complexity index is 866. The summed E-state index contributed by atoms with van der Waals surface area (Å²) in [5, 5.41) is 0. The lowest BCUT2D eigenvalue weighted by molar-refractivity contribution is -0.157. The fourth-order valence-electron chi connectivity index (χ4n) is 5.66. The molecular weight excluding hydrogens is 372 g/mol. The van der Waals surface area contributed by atoms with Crippen LogP contribution >= 0.6 is 0 Å². The van der Waals surface area contributed by atoms with Gasteiger partial charge in [-0.1, -0.05) is 54.6 Å². The van der Waals surface area contributed by atoms with Crippen molar-refractivity contribution in [2.24, 2.45) is 5.41 Å². The van der Waals surface area contributed by atoms with Gasteiger partial charge in [0.05, 0.1) is 12.0 Å². The second-order valence-electron chi connectivity index (χ2n) is 9.22. The van der Waals surface area contributed by atoms with Crippen LogP contribution in [0, 0.1) is 5.41 Å². The normalized spacial score (nSPS) is 25.7. The number of nitrogens with zero attached hydrogens (tertiary/aromatic N) is 2. The summed E-state index contributed by atoms with van der Waals surface area (Å²) in [5.74, 6) is -0.00703. The monoisotopic (exact) mass is 406 g/mol. The maximum Gasteiger partial charge on any atom is 0.314 e. The molecule has 2 aromatic rings. The Morgan fingerprint density at radius 1 is 1.07 bits per heavy atom. The van der Waals surface area contributed by atoms with Crippen molar-refractivity contribution in [1.29, 1.82) is 0 Å². The first kappa shape index (κ1) is 21.1. The van der Waals surface area contributed by atoms with Gasteiger partial charge >= 0.3 is 5.97 Å². The van der Waals surface area contributed by atoms with E-state index >= 15 is 0 Å². The molecule has 0 radical (unpaired) electrons. The molecule has 0 aromatic heterocycles. The minimum absolute atomic E-state index is 0.00703. The van der Waals surface area contributed by atoms with Crippen LogP contribution in [0.15, 0.2) is 54.6 Å². The largest absolute Gasteiger partial charge is 0.466 e. The molecule has 4 rings (SSSR count). The van der Waals surface area contributed by atoms with Crippen molar-refractivity contribution in [3.05, 3.63) is 71.3 Å². The molecule has 30 heavy (non-hydrogen) atoms. The number of carbonyl (C=O) groups is 1. The van der Waals surface area contributed by atoms with Gasteiger partial charge in [-0.15, -0.1) is 0 Å². The Morgan fingerprint density at radius 2 is 1.80 bits per heavy atom. The average molecular weight is 407 g/mol. The Hall–Kier alpha value is -2.17. The van der Waals surface area contributed by atoms with Gasteiger partial charge in [0.2, 0.25) is 0 Å². The van der Waals surface area contributed by atoms with Gasteiger partial charge in [0.1, 0.15) is 0 Å². The van der Waals surface area contributed by atoms with Crippen LogP contribution in [0.2, 0.25) is 0 Å². The molecule has 2 fully saturated rings. The number of benzene rings is 2. The van der Waals surface area contributed by atoms with E-state index in [0.717, 1.165) is 32.4 Å². The van der Waals surface area contributed by atoms with Crippen molar-refractivity contribution in [2.75, 3.05) is 20.7 Å². The highest BCUT2D eigenvalue weighted by Gasteiger charge is 2.60. The molecular formula is C26H34N2O2. The van der Waals surface area contributed by atoms with E-state index < -0.39 is 5.41 Å². The van der Waals surface area contributed by atoms with E-state index in [1.165, 1.54) is 23.1 Å². The summed E-state index contributed by atoms with van der Waals surface area (Å²) in [6.45, 7) is 4.21. The third-order valence-electron chi connectivity index (χ3n) is 6.78. The third kappa shape index (κ3) is 4.17. The molecule has 2 aromatic carbocycles. The van der Waals surface area contributed by atoms with Crippen molar-refractivity contribution >= 4 is 5.97 Å². The SMILES string of the molecule is CCOC(=O)[C@]1(Cc2ccccc2)C[C@@H]2CC[C@H]1N2Cc1cccc(CN(C)C)c1. The summed E-state index contributed by atoms with van der Waals surface area (Å²) in [7, 11) is 4.20. The number of fused-ring (bicyclic) bond motifs is 2. The molecule has 0 amide bonds. The van der Waals surface area contributed by atoms with Crippen LogP contribution in [0.4, 0.5) is 0 Å². The van der Waals surface area contributed by atoms with Gasteiger partial charge in [0, 0.05) is 25.2 Å². The minimum atomic E-state index is -0.429. The second kappa shape index (κ2) is 8.91. The summed E-state index contributed by atoms with van der Waals surface area (Å²) < 4.78 is 5.64. The number of ether oxygens (including phenoxy) is 1. The summed E-state index contributed by atoms with van der Waals surface area (Å²) in [6, 6.07) is 20.1. The molecule has 2 bridgehead atoms. The van der Waals surface area contributed by atoms with E-state index in [9.17, 15) is 4.79 Å². The van der Waals surface area contributed by atoms with E-state index in [2.05, 4.69) is 72.4 Å². The van der Waals surface area contributed by atoms with Crippen molar-refractivity contribution < 1.29 is 9.53 Å². The number of hydrogen-bond acceptors (Lipinski definition) is 4. The lowest BCUT2D eigenvalue weighted by atomic mass is 9.70. The number of esters is 1. The van der Waals surface area contributed by atoms with Gasteiger partial charge in [-0.25, -0.2) is 0 Å². The first-order valence-electron chi connectivity index (χ1n) is 11.2. The van der Waals surface area contributed by atoms with Crippen LogP contribution in [-0.4, -0.2) is 48.6 Å². The van der Waals surface area contributed by atoms with Gasteiger partial charge in [0.15, 0.2) is 0 Å². The lowest BCUT2D eigenvalue weighted by Crippen LogP contribution is -2.46. The summed E-state index contributed by atoms with van der Waals surface area (Å²) >= 11 is 0. The van der Waals surface area contributed by atoms with Crippen LogP contribution < -0.4 is 0 Å². The zero-order valence-electron chi connectivity index (χ0n) is 18.5. The Balaban J connectivity index is 1.59. The smallest absolute Gasteiger partial charge is 0.314 e. The molecule has 4 nitrogen and oxygen atoms in total. The van der Waals surface area contributed by atoms with Crippen LogP contribution in [0.25, 0.3) is 0 Å². The molecule has 3 atom stereocenters. The van der Waals surface area contributed by atoms with Gasteiger partial charge < -0.3 is 9.64 Å². The van der Waals surface area contributed by atoms with Gasteiger partial charge in [-0.2, -0.15) is 0 Å². The zero-order valence-corrected chi connectivity index (χ0v) is 18.5. The van der Waals surface area contributed by atoms with Gasteiger partial charge in [-0.05, 0) is 63.4 Å². The topological polar surface area (TPSA) is 32.8 Å². The van der Waals surface area contributed by atoms with Crippen molar-refractivity contribution in [1.82, 2.24) is 9.80 Å². The first-order chi connectivity index (χ1) is 14.5. The van der Waals surface area contributed by atoms with Crippen molar-refractivity contribution in [3.8, 4) is 0 Å². The van der Waals surface area contributed by atoms with Crippen LogP contribution in [0.3, 0.4) is 0 Å². The van der Waals surface area contributed by atoms with Crippen LogP contribution in [0.1, 0.15) is 42.9 Å². The average Bonchev–Trinajstić information content (AvgIpc) is 3.23. The minimum Gasteiger partial charge on any atom is -0.466 e. The Kier molecular flexibility index (Phi) is 6.26. The quantitative estimate of drug-likeness (QED) is 0.613. The molecule has 2 heterocycles. The predicted octanol–water partition coefficient (Wildman–Crippen LogP) is 4.28.